The van der Waals surface area contributed by atoms with Gasteiger partial charge in [0.1, 0.15) is 18.1 Å². The number of hydrogen-bond acceptors (Lipinski definition) is 4. The van der Waals surface area contributed by atoms with Gasteiger partial charge in [0.25, 0.3) is 0 Å². The van der Waals surface area contributed by atoms with Gasteiger partial charge in [-0.3, -0.25) is 4.99 Å². The topological polar surface area (TPSA) is 64.1 Å². The van der Waals surface area contributed by atoms with Crippen LogP contribution in [0.25, 0.3) is 0 Å². The molecule has 2 aromatic rings. The van der Waals surface area contributed by atoms with E-state index in [1.807, 2.05) is 30.3 Å². The molecule has 2 rings (SSSR count). The summed E-state index contributed by atoms with van der Waals surface area (Å²) in [6, 6.07) is 16.0. The summed E-state index contributed by atoms with van der Waals surface area (Å²) >= 11 is 0. The largest absolute Gasteiger partial charge is 0.493 e. The number of nitrogens with one attached hydrogen (secondary N) is 2. The molecule has 0 saturated heterocycles. The Hall–Kier alpha value is -2.00. The van der Waals surface area contributed by atoms with Gasteiger partial charge in [-0.05, 0) is 30.7 Å². The third-order valence-electron chi connectivity index (χ3n) is 4.05. The van der Waals surface area contributed by atoms with Crippen LogP contribution in [0.3, 0.4) is 0 Å². The highest BCUT2D eigenvalue weighted by Gasteiger charge is 2.06. The molecule has 0 fully saturated rings. The second-order valence-electron chi connectivity index (χ2n) is 6.32. The number of halogens is 1. The molecule has 160 valence electrons. The van der Waals surface area contributed by atoms with Crippen LogP contribution in [0.5, 0.6) is 11.5 Å². The zero-order valence-corrected chi connectivity index (χ0v) is 19.8. The molecule has 0 amide bonds. The van der Waals surface area contributed by atoms with Crippen LogP contribution in [0.4, 0.5) is 0 Å². The zero-order valence-electron chi connectivity index (χ0n) is 17.4. The van der Waals surface area contributed by atoms with E-state index in [9.17, 15) is 0 Å². The summed E-state index contributed by atoms with van der Waals surface area (Å²) < 4.78 is 16.7. The van der Waals surface area contributed by atoms with Gasteiger partial charge in [-0.2, -0.15) is 0 Å². The maximum Gasteiger partial charge on any atom is 0.191 e. The molecule has 7 heteroatoms. The lowest BCUT2D eigenvalue weighted by molar-refractivity contribution is 0.171. The Balaban J connectivity index is 0.00000420. The van der Waals surface area contributed by atoms with Gasteiger partial charge in [0, 0.05) is 39.3 Å². The quantitative estimate of drug-likeness (QED) is 0.207. The van der Waals surface area contributed by atoms with Crippen LogP contribution in [-0.4, -0.2) is 46.5 Å². The molecular formula is C22H32IN3O3. The first-order valence-corrected chi connectivity index (χ1v) is 9.56. The molecule has 2 aromatic carbocycles. The van der Waals surface area contributed by atoms with Crippen LogP contribution in [0.15, 0.2) is 53.5 Å². The van der Waals surface area contributed by atoms with E-state index in [2.05, 4.69) is 40.7 Å². The van der Waals surface area contributed by atoms with Crippen LogP contribution in [0, 0.1) is 6.92 Å². The van der Waals surface area contributed by atoms with Crippen molar-refractivity contribution in [3.05, 3.63) is 59.7 Å². The summed E-state index contributed by atoms with van der Waals surface area (Å²) in [5, 5.41) is 6.58. The predicted octanol–water partition coefficient (Wildman–Crippen LogP) is 3.77. The van der Waals surface area contributed by atoms with Gasteiger partial charge in [-0.1, -0.05) is 30.3 Å². The minimum Gasteiger partial charge on any atom is -0.493 e. The van der Waals surface area contributed by atoms with Crippen molar-refractivity contribution in [2.24, 2.45) is 4.99 Å². The lowest BCUT2D eigenvalue weighted by atomic mass is 10.1. The number of aryl methyl sites for hydroxylation is 1. The first-order chi connectivity index (χ1) is 13.7. The first-order valence-electron chi connectivity index (χ1n) is 9.56. The van der Waals surface area contributed by atoms with E-state index in [0.29, 0.717) is 32.9 Å². The standard InChI is InChI=1S/C22H31N3O3.HI/c1-18-10-11-19(21(16-18)28-14-7-13-26-3)17-25-22(23-2)24-12-15-27-20-8-5-4-6-9-20;/h4-6,8-11,16H,7,12-15,17H2,1-3H3,(H2,23,24,25);1H. The van der Waals surface area contributed by atoms with E-state index in [4.69, 9.17) is 14.2 Å². The molecule has 0 heterocycles. The highest BCUT2D eigenvalue weighted by Crippen LogP contribution is 2.20. The number of nitrogens with zero attached hydrogens (tertiary/aromatic N) is 1. The number of guanidine groups is 1. The van der Waals surface area contributed by atoms with Crippen LogP contribution in [-0.2, 0) is 11.3 Å². The maximum atomic E-state index is 5.93. The van der Waals surface area contributed by atoms with E-state index < -0.39 is 0 Å². The van der Waals surface area contributed by atoms with E-state index in [0.717, 1.165) is 29.4 Å². The summed E-state index contributed by atoms with van der Waals surface area (Å²) in [5.74, 6) is 2.48. The van der Waals surface area contributed by atoms with Gasteiger partial charge in [-0.25, -0.2) is 0 Å². The molecule has 0 aromatic heterocycles. The average molecular weight is 513 g/mol. The van der Waals surface area contributed by atoms with Crippen LogP contribution in [0.2, 0.25) is 0 Å². The van der Waals surface area contributed by atoms with Crippen molar-refractivity contribution in [2.45, 2.75) is 19.9 Å². The Bertz CT molecular complexity index is 726. The van der Waals surface area contributed by atoms with Gasteiger partial charge in [0.05, 0.1) is 13.2 Å². The third kappa shape index (κ3) is 9.85. The minimum absolute atomic E-state index is 0. The minimum atomic E-state index is 0. The highest BCUT2D eigenvalue weighted by molar-refractivity contribution is 14.0. The van der Waals surface area contributed by atoms with E-state index in [1.54, 1.807) is 14.2 Å². The maximum absolute atomic E-state index is 5.93. The van der Waals surface area contributed by atoms with Crippen molar-refractivity contribution in [1.82, 2.24) is 10.6 Å². The monoisotopic (exact) mass is 513 g/mol. The second kappa shape index (κ2) is 14.9. The molecule has 6 nitrogen and oxygen atoms in total. The fourth-order valence-electron chi connectivity index (χ4n) is 2.58. The number of para-hydroxylation sites is 1. The Morgan fingerprint density at radius 3 is 2.48 bits per heavy atom. The van der Waals surface area contributed by atoms with Gasteiger partial charge < -0.3 is 24.8 Å². The van der Waals surface area contributed by atoms with Crippen LogP contribution >= 0.6 is 24.0 Å². The molecule has 0 unspecified atom stereocenters. The van der Waals surface area contributed by atoms with Gasteiger partial charge in [0.2, 0.25) is 0 Å². The SMILES string of the molecule is CN=C(NCCOc1ccccc1)NCc1ccc(C)cc1OCCCOC.I. The molecule has 0 atom stereocenters. The number of hydrogen-bond donors (Lipinski definition) is 2. The third-order valence-corrected chi connectivity index (χ3v) is 4.05. The lowest BCUT2D eigenvalue weighted by Crippen LogP contribution is -2.38. The summed E-state index contributed by atoms with van der Waals surface area (Å²) in [7, 11) is 3.45. The molecule has 0 spiro atoms. The smallest absolute Gasteiger partial charge is 0.191 e. The normalized spacial score (nSPS) is 10.8. The van der Waals surface area contributed by atoms with Crippen LogP contribution in [0.1, 0.15) is 17.5 Å². The molecule has 0 aliphatic heterocycles. The average Bonchev–Trinajstić information content (AvgIpc) is 2.72. The number of ether oxygens (including phenoxy) is 3. The van der Waals surface area contributed by atoms with Gasteiger partial charge in [0.15, 0.2) is 5.96 Å². The fraction of sp³-hybridized carbons (Fsp3) is 0.409. The Labute approximate surface area is 191 Å². The van der Waals surface area contributed by atoms with E-state index in [1.165, 1.54) is 5.56 Å². The molecule has 0 aliphatic carbocycles. The summed E-state index contributed by atoms with van der Waals surface area (Å²) in [6.07, 6.45) is 0.863. The lowest BCUT2D eigenvalue weighted by Gasteiger charge is -2.15. The summed E-state index contributed by atoms with van der Waals surface area (Å²) in [6.45, 7) is 5.23. The van der Waals surface area contributed by atoms with Crippen LogP contribution < -0.4 is 20.1 Å². The van der Waals surface area contributed by atoms with Gasteiger partial charge in [-0.15, -0.1) is 24.0 Å². The fourth-order valence-corrected chi connectivity index (χ4v) is 2.58. The first kappa shape index (κ1) is 25.0. The van der Waals surface area contributed by atoms with Crippen molar-refractivity contribution in [2.75, 3.05) is 40.5 Å². The molecule has 29 heavy (non-hydrogen) atoms. The van der Waals surface area contributed by atoms with Crippen molar-refractivity contribution >= 4 is 29.9 Å². The molecule has 0 radical (unpaired) electrons. The Morgan fingerprint density at radius 2 is 1.76 bits per heavy atom. The molecule has 0 bridgehead atoms. The summed E-state index contributed by atoms with van der Waals surface area (Å²) in [4.78, 5) is 4.26. The second-order valence-corrected chi connectivity index (χ2v) is 6.32. The number of benzene rings is 2. The van der Waals surface area contributed by atoms with E-state index >= 15 is 0 Å². The highest BCUT2D eigenvalue weighted by atomic mass is 127. The van der Waals surface area contributed by atoms with Crippen molar-refractivity contribution < 1.29 is 14.2 Å². The molecule has 0 aliphatic rings. The van der Waals surface area contributed by atoms with Gasteiger partial charge >= 0.3 is 0 Å². The summed E-state index contributed by atoms with van der Waals surface area (Å²) in [5.41, 5.74) is 2.26. The Morgan fingerprint density at radius 1 is 0.966 bits per heavy atom. The molecular weight excluding hydrogens is 481 g/mol. The number of aliphatic imine (C=N–C) groups is 1. The Kier molecular flexibility index (Phi) is 12.9. The number of rotatable bonds is 11. The molecule has 2 N–H and O–H groups in total. The van der Waals surface area contributed by atoms with Crippen molar-refractivity contribution in [3.63, 3.8) is 0 Å². The van der Waals surface area contributed by atoms with Crippen molar-refractivity contribution in [3.8, 4) is 11.5 Å². The van der Waals surface area contributed by atoms with E-state index in [-0.39, 0.29) is 24.0 Å². The zero-order chi connectivity index (χ0) is 20.0. The predicted molar refractivity (Wildman–Crippen MR) is 129 cm³/mol. The molecule has 0 saturated carbocycles. The number of methoxy groups -OCH3 is 1. The van der Waals surface area contributed by atoms with Crippen molar-refractivity contribution in [1.29, 1.82) is 0 Å².